The lowest BCUT2D eigenvalue weighted by Crippen LogP contribution is -2.02. The third kappa shape index (κ3) is 1.89. The van der Waals surface area contributed by atoms with Crippen molar-refractivity contribution in [3.8, 4) is 11.4 Å². The summed E-state index contributed by atoms with van der Waals surface area (Å²) in [6, 6.07) is 11.5. The Bertz CT molecular complexity index is 747. The van der Waals surface area contributed by atoms with Gasteiger partial charge in [-0.25, -0.2) is 4.79 Å². The molecule has 1 heterocycles. The van der Waals surface area contributed by atoms with E-state index in [1.165, 1.54) is 16.9 Å². The van der Waals surface area contributed by atoms with Crippen LogP contribution in [0, 0.1) is 0 Å². The van der Waals surface area contributed by atoms with Crippen molar-refractivity contribution < 1.29 is 15.0 Å². The van der Waals surface area contributed by atoms with E-state index in [-0.39, 0.29) is 11.3 Å². The number of carboxylic acid groups (broad SMARTS) is 1. The van der Waals surface area contributed by atoms with Gasteiger partial charge in [-0.15, -0.1) is 10.2 Å². The first-order valence-electron chi connectivity index (χ1n) is 5.54. The van der Waals surface area contributed by atoms with Gasteiger partial charge in [0.1, 0.15) is 22.3 Å². The fourth-order valence-corrected chi connectivity index (χ4v) is 1.79. The highest BCUT2D eigenvalue weighted by molar-refractivity contribution is 5.91. The van der Waals surface area contributed by atoms with Gasteiger partial charge in [-0.2, -0.15) is 4.80 Å². The number of hydrogen-bond acceptors (Lipinski definition) is 4. The molecule has 0 aliphatic rings. The molecule has 0 radical (unpaired) electrons. The summed E-state index contributed by atoms with van der Waals surface area (Å²) in [5.74, 6) is -1.48. The number of fused-ring (bicyclic) bond motifs is 1. The van der Waals surface area contributed by atoms with Crippen LogP contribution in [-0.4, -0.2) is 31.2 Å². The monoisotopic (exact) mass is 255 g/mol. The Labute approximate surface area is 107 Å². The zero-order valence-electron chi connectivity index (χ0n) is 9.69. The highest BCUT2D eigenvalue weighted by atomic mass is 16.4. The average Bonchev–Trinajstić information content (AvgIpc) is 2.82. The van der Waals surface area contributed by atoms with E-state index in [0.717, 1.165) is 0 Å². The van der Waals surface area contributed by atoms with E-state index in [4.69, 9.17) is 5.11 Å². The molecule has 2 N–H and O–H groups in total. The standard InChI is InChI=1S/C13H9N3O3/c17-12-6-5-8(7-9(12)13(18)19)16-14-10-3-1-2-4-11(10)15-16/h1-7,17H,(H,18,19). The minimum Gasteiger partial charge on any atom is -0.507 e. The van der Waals surface area contributed by atoms with E-state index in [1.807, 2.05) is 24.3 Å². The van der Waals surface area contributed by atoms with Gasteiger partial charge in [0.2, 0.25) is 0 Å². The Hall–Kier alpha value is -2.89. The second-order valence-electron chi connectivity index (χ2n) is 3.98. The minimum absolute atomic E-state index is 0.182. The van der Waals surface area contributed by atoms with Crippen LogP contribution in [-0.2, 0) is 0 Å². The highest BCUT2D eigenvalue weighted by Gasteiger charge is 2.12. The van der Waals surface area contributed by atoms with Gasteiger partial charge in [-0.1, -0.05) is 12.1 Å². The van der Waals surface area contributed by atoms with Gasteiger partial charge >= 0.3 is 5.97 Å². The number of phenols is 1. The maximum Gasteiger partial charge on any atom is 0.339 e. The van der Waals surface area contributed by atoms with Crippen LogP contribution in [0.1, 0.15) is 10.4 Å². The lowest BCUT2D eigenvalue weighted by molar-refractivity contribution is 0.0693. The molecule has 0 amide bonds. The number of carboxylic acids is 1. The molecule has 0 unspecified atom stereocenters. The predicted octanol–water partition coefficient (Wildman–Crippen LogP) is 1.82. The SMILES string of the molecule is O=C(O)c1cc(-n2nc3ccccc3n2)ccc1O. The second kappa shape index (κ2) is 4.09. The van der Waals surface area contributed by atoms with Crippen molar-refractivity contribution in [2.75, 3.05) is 0 Å². The number of carbonyl (C=O) groups is 1. The van der Waals surface area contributed by atoms with Crippen molar-refractivity contribution in [2.45, 2.75) is 0 Å². The first kappa shape index (κ1) is 11.2. The van der Waals surface area contributed by atoms with Crippen LogP contribution in [0.3, 0.4) is 0 Å². The Morgan fingerprint density at radius 1 is 1.05 bits per heavy atom. The summed E-state index contributed by atoms with van der Waals surface area (Å²) >= 11 is 0. The molecule has 94 valence electrons. The van der Waals surface area contributed by atoms with Gasteiger partial charge in [0.25, 0.3) is 0 Å². The van der Waals surface area contributed by atoms with Gasteiger partial charge in [0.05, 0.1) is 5.69 Å². The molecule has 0 saturated heterocycles. The number of nitrogens with zero attached hydrogens (tertiary/aromatic N) is 3. The molecule has 19 heavy (non-hydrogen) atoms. The van der Waals surface area contributed by atoms with Gasteiger partial charge in [-0.05, 0) is 30.3 Å². The molecule has 0 fully saturated rings. The van der Waals surface area contributed by atoms with Crippen LogP contribution in [0.15, 0.2) is 42.5 Å². The molecule has 2 aromatic carbocycles. The fraction of sp³-hybridized carbons (Fsp3) is 0. The maximum absolute atomic E-state index is 11.0. The summed E-state index contributed by atoms with van der Waals surface area (Å²) in [7, 11) is 0. The number of benzene rings is 2. The van der Waals surface area contributed by atoms with E-state index >= 15 is 0 Å². The fourth-order valence-electron chi connectivity index (χ4n) is 1.79. The molecule has 3 rings (SSSR count). The smallest absolute Gasteiger partial charge is 0.339 e. The molecule has 0 bridgehead atoms. The van der Waals surface area contributed by atoms with Crippen LogP contribution < -0.4 is 0 Å². The normalized spacial score (nSPS) is 10.7. The summed E-state index contributed by atoms with van der Waals surface area (Å²) in [4.78, 5) is 12.3. The van der Waals surface area contributed by atoms with E-state index < -0.39 is 5.97 Å². The maximum atomic E-state index is 11.0. The van der Waals surface area contributed by atoms with Crippen molar-refractivity contribution >= 4 is 17.0 Å². The third-order valence-corrected chi connectivity index (χ3v) is 2.73. The van der Waals surface area contributed by atoms with Gasteiger partial charge < -0.3 is 10.2 Å². The first-order valence-corrected chi connectivity index (χ1v) is 5.54. The average molecular weight is 255 g/mol. The quantitative estimate of drug-likeness (QED) is 0.729. The predicted molar refractivity (Wildman–Crippen MR) is 67.5 cm³/mol. The Balaban J connectivity index is 2.16. The number of hydrogen-bond donors (Lipinski definition) is 2. The Morgan fingerprint density at radius 2 is 1.68 bits per heavy atom. The number of aromatic carboxylic acids is 1. The molecular weight excluding hydrogens is 246 g/mol. The highest BCUT2D eigenvalue weighted by Crippen LogP contribution is 2.21. The van der Waals surface area contributed by atoms with Crippen molar-refractivity contribution in [3.05, 3.63) is 48.0 Å². The zero-order chi connectivity index (χ0) is 13.4. The van der Waals surface area contributed by atoms with E-state index in [0.29, 0.717) is 16.7 Å². The summed E-state index contributed by atoms with van der Waals surface area (Å²) in [5.41, 5.74) is 1.73. The largest absolute Gasteiger partial charge is 0.507 e. The Morgan fingerprint density at radius 3 is 2.26 bits per heavy atom. The van der Waals surface area contributed by atoms with E-state index in [2.05, 4.69) is 10.2 Å². The van der Waals surface area contributed by atoms with E-state index in [1.54, 1.807) is 6.07 Å². The number of rotatable bonds is 2. The van der Waals surface area contributed by atoms with E-state index in [9.17, 15) is 9.90 Å². The molecule has 0 atom stereocenters. The van der Waals surface area contributed by atoms with Crippen LogP contribution in [0.25, 0.3) is 16.7 Å². The molecule has 0 spiro atoms. The van der Waals surface area contributed by atoms with Crippen LogP contribution in [0.2, 0.25) is 0 Å². The van der Waals surface area contributed by atoms with Crippen molar-refractivity contribution in [1.82, 2.24) is 15.0 Å². The van der Waals surface area contributed by atoms with Crippen molar-refractivity contribution in [3.63, 3.8) is 0 Å². The summed E-state index contributed by atoms with van der Waals surface area (Å²) < 4.78 is 0. The summed E-state index contributed by atoms with van der Waals surface area (Å²) in [5, 5.41) is 26.9. The summed E-state index contributed by atoms with van der Waals surface area (Å²) in [6.45, 7) is 0. The molecule has 0 saturated carbocycles. The molecule has 3 aromatic rings. The van der Waals surface area contributed by atoms with Crippen molar-refractivity contribution in [1.29, 1.82) is 0 Å². The van der Waals surface area contributed by atoms with Crippen LogP contribution >= 0.6 is 0 Å². The molecule has 6 heteroatoms. The lowest BCUT2D eigenvalue weighted by Gasteiger charge is -2.03. The molecular formula is C13H9N3O3. The van der Waals surface area contributed by atoms with Gasteiger partial charge in [0, 0.05) is 0 Å². The minimum atomic E-state index is -1.20. The van der Waals surface area contributed by atoms with Crippen LogP contribution in [0.4, 0.5) is 0 Å². The number of aromatic nitrogens is 3. The molecule has 1 aromatic heterocycles. The van der Waals surface area contributed by atoms with Gasteiger partial charge in [-0.3, -0.25) is 0 Å². The van der Waals surface area contributed by atoms with Gasteiger partial charge in [0.15, 0.2) is 0 Å². The zero-order valence-corrected chi connectivity index (χ0v) is 9.69. The lowest BCUT2D eigenvalue weighted by atomic mass is 10.2. The third-order valence-electron chi connectivity index (χ3n) is 2.73. The molecule has 0 aliphatic carbocycles. The number of aromatic hydroxyl groups is 1. The topological polar surface area (TPSA) is 88.2 Å². The van der Waals surface area contributed by atoms with Crippen molar-refractivity contribution in [2.24, 2.45) is 0 Å². The molecule has 6 nitrogen and oxygen atoms in total. The Kier molecular flexibility index (Phi) is 2.42. The van der Waals surface area contributed by atoms with Crippen LogP contribution in [0.5, 0.6) is 5.75 Å². The molecule has 0 aliphatic heterocycles. The summed E-state index contributed by atoms with van der Waals surface area (Å²) in [6.07, 6.45) is 0. The second-order valence-corrected chi connectivity index (χ2v) is 3.98. The first-order chi connectivity index (χ1) is 9.15.